The summed E-state index contributed by atoms with van der Waals surface area (Å²) in [6.07, 6.45) is 1.41. The van der Waals surface area contributed by atoms with Crippen LogP contribution in [0.2, 0.25) is 0 Å². The van der Waals surface area contributed by atoms with Crippen LogP contribution >= 0.6 is 22.8 Å². The summed E-state index contributed by atoms with van der Waals surface area (Å²) >= 11 is 0. The topological polar surface area (TPSA) is 88.1 Å². The highest BCUT2D eigenvalue weighted by Gasteiger charge is 2.42. The van der Waals surface area contributed by atoms with Crippen LogP contribution in [0.3, 0.4) is 0 Å². The Morgan fingerprint density at radius 3 is 1.52 bits per heavy atom. The molecule has 10 heteroatoms. The molecule has 3 atom stereocenters. The van der Waals surface area contributed by atoms with E-state index in [0.717, 1.165) is 0 Å². The summed E-state index contributed by atoms with van der Waals surface area (Å²) in [7, 11) is -9.79. The van der Waals surface area contributed by atoms with Gasteiger partial charge in [0.15, 0.2) is 0 Å². The molecule has 0 aliphatic heterocycles. The summed E-state index contributed by atoms with van der Waals surface area (Å²) in [4.78, 5) is 0. The van der Waals surface area contributed by atoms with Crippen LogP contribution in [-0.2, 0) is 31.4 Å². The normalized spacial score (nSPS) is 20.0. The predicted molar refractivity (Wildman–Crippen MR) is 93.7 cm³/mol. The van der Waals surface area contributed by atoms with Gasteiger partial charge in [-0.3, -0.25) is 13.7 Å². The molecular weight excluding hydrogens is 361 g/mol. The molecule has 0 bridgehead atoms. The van der Waals surface area contributed by atoms with Crippen LogP contribution < -0.4 is 0 Å². The lowest BCUT2D eigenvalue weighted by molar-refractivity contribution is 0.202. The van der Waals surface area contributed by atoms with E-state index in [4.69, 9.17) is 17.7 Å². The van der Waals surface area contributed by atoms with E-state index in [0.29, 0.717) is 19.3 Å². The van der Waals surface area contributed by atoms with Gasteiger partial charge in [-0.2, -0.15) is 0 Å². The Morgan fingerprint density at radius 2 is 1.13 bits per heavy atom. The molecule has 0 aliphatic rings. The average Bonchev–Trinajstić information content (AvgIpc) is 2.37. The Kier molecular flexibility index (Phi) is 10.7. The predicted octanol–water partition coefficient (Wildman–Crippen LogP) is 5.90. The zero-order chi connectivity index (χ0) is 18.1. The van der Waals surface area contributed by atoms with Gasteiger partial charge in [0.2, 0.25) is 0 Å². The molecule has 0 radical (unpaired) electrons. The van der Waals surface area contributed by atoms with Crippen molar-refractivity contribution in [1.82, 2.24) is 0 Å². The molecule has 0 spiro atoms. The maximum atomic E-state index is 13.0. The highest BCUT2D eigenvalue weighted by Crippen LogP contribution is 2.72. The Labute approximate surface area is 140 Å². The molecule has 0 saturated heterocycles. The van der Waals surface area contributed by atoms with E-state index in [9.17, 15) is 13.7 Å². The van der Waals surface area contributed by atoms with Gasteiger partial charge >= 0.3 is 22.8 Å². The van der Waals surface area contributed by atoms with Gasteiger partial charge in [-0.25, -0.2) is 8.62 Å². The van der Waals surface area contributed by atoms with Crippen molar-refractivity contribution in [2.75, 3.05) is 25.6 Å². The summed E-state index contributed by atoms with van der Waals surface area (Å²) in [5.41, 5.74) is 0. The minimum Gasteiger partial charge on any atom is -0.312 e. The molecule has 0 amide bonds. The third-order valence-corrected chi connectivity index (χ3v) is 10.9. The molecule has 7 nitrogen and oxygen atoms in total. The van der Waals surface area contributed by atoms with Gasteiger partial charge < -0.3 is 9.05 Å². The first-order chi connectivity index (χ1) is 10.6. The van der Waals surface area contributed by atoms with Crippen LogP contribution in [0.5, 0.6) is 0 Å². The molecule has 0 rings (SSSR count). The van der Waals surface area contributed by atoms with Crippen molar-refractivity contribution in [3.8, 4) is 0 Å². The highest BCUT2D eigenvalue weighted by atomic mass is 31.3. The second-order valence-electron chi connectivity index (χ2n) is 5.50. The van der Waals surface area contributed by atoms with Crippen molar-refractivity contribution in [1.29, 1.82) is 0 Å². The molecule has 0 aromatic carbocycles. The fourth-order valence-corrected chi connectivity index (χ4v) is 9.62. The number of rotatable bonds is 13. The first-order valence-electron chi connectivity index (χ1n) is 8.01. The zero-order valence-corrected chi connectivity index (χ0v) is 17.7. The second-order valence-corrected chi connectivity index (χ2v) is 12.4. The Balaban J connectivity index is 5.45. The first-order valence-corrected chi connectivity index (χ1v) is 13.2. The zero-order valence-electron chi connectivity index (χ0n) is 15.0. The average molecular weight is 392 g/mol. The molecule has 0 aromatic heterocycles. The largest absolute Gasteiger partial charge is 0.344 e. The summed E-state index contributed by atoms with van der Waals surface area (Å²) in [5.74, 6) is 0. The molecular formula is C13H31O7P3. The fourth-order valence-electron chi connectivity index (χ4n) is 1.90. The van der Waals surface area contributed by atoms with E-state index in [1.165, 1.54) is 7.11 Å². The van der Waals surface area contributed by atoms with E-state index in [1.807, 2.05) is 13.8 Å². The molecule has 140 valence electrons. The van der Waals surface area contributed by atoms with Gasteiger partial charge in [0.1, 0.15) is 0 Å². The van der Waals surface area contributed by atoms with Gasteiger partial charge in [-0.1, -0.05) is 20.8 Å². The third kappa shape index (κ3) is 8.97. The summed E-state index contributed by atoms with van der Waals surface area (Å²) in [5, 5.41) is 0. The Bertz CT molecular complexity index is 478. The summed E-state index contributed by atoms with van der Waals surface area (Å²) < 4.78 is 59.3. The Morgan fingerprint density at radius 1 is 0.739 bits per heavy atom. The van der Waals surface area contributed by atoms with Crippen molar-refractivity contribution in [2.24, 2.45) is 0 Å². The molecule has 0 saturated carbocycles. The van der Waals surface area contributed by atoms with Crippen LogP contribution in [-0.4, -0.2) is 31.7 Å². The lowest BCUT2D eigenvalue weighted by Gasteiger charge is -2.27. The lowest BCUT2D eigenvalue weighted by atomic mass is 10.5. The number of hydrogen-bond acceptors (Lipinski definition) is 7. The van der Waals surface area contributed by atoms with Crippen LogP contribution in [0.25, 0.3) is 0 Å². The molecule has 3 unspecified atom stereocenters. The minimum atomic E-state index is -3.87. The molecule has 0 aromatic rings. The maximum Gasteiger partial charge on any atom is 0.344 e. The van der Waals surface area contributed by atoms with E-state index in [1.54, 1.807) is 20.8 Å². The minimum absolute atomic E-state index is 0.000770. The summed E-state index contributed by atoms with van der Waals surface area (Å²) in [6.45, 7) is 8.85. The van der Waals surface area contributed by atoms with Crippen LogP contribution in [0.15, 0.2) is 0 Å². The van der Waals surface area contributed by atoms with Crippen LogP contribution in [0.4, 0.5) is 0 Å². The van der Waals surface area contributed by atoms with Crippen molar-refractivity contribution < 1.29 is 31.4 Å². The molecule has 0 fully saturated rings. The highest BCUT2D eigenvalue weighted by molar-refractivity contribution is 7.72. The second kappa shape index (κ2) is 10.5. The van der Waals surface area contributed by atoms with Crippen molar-refractivity contribution >= 4 is 22.8 Å². The smallest absolute Gasteiger partial charge is 0.312 e. The molecule has 23 heavy (non-hydrogen) atoms. The van der Waals surface area contributed by atoms with Gasteiger partial charge in [-0.15, -0.1) is 0 Å². The van der Waals surface area contributed by atoms with Gasteiger partial charge in [0.25, 0.3) is 0 Å². The van der Waals surface area contributed by atoms with E-state index in [-0.39, 0.29) is 24.6 Å². The van der Waals surface area contributed by atoms with Crippen molar-refractivity contribution in [3.05, 3.63) is 0 Å². The van der Waals surface area contributed by atoms with E-state index < -0.39 is 22.8 Å². The van der Waals surface area contributed by atoms with Gasteiger partial charge in [0, 0.05) is 7.11 Å². The standard InChI is InChI=1S/C13H31O7P3/c1-7-10-21(14,17-6)19-23(16,12-9-3)20-22(15,11-8-2)18-13(4)5/h13H,7-12H2,1-6H3. The van der Waals surface area contributed by atoms with Gasteiger partial charge in [0.05, 0.1) is 24.6 Å². The van der Waals surface area contributed by atoms with Crippen LogP contribution in [0, 0.1) is 0 Å². The SMILES string of the molecule is CCCP(=O)(OC)OP(=O)(CCC)OP(=O)(CCC)OC(C)C. The monoisotopic (exact) mass is 392 g/mol. The quantitative estimate of drug-likeness (QED) is 0.361. The van der Waals surface area contributed by atoms with Crippen molar-refractivity contribution in [2.45, 2.75) is 60.0 Å². The Hall–Kier alpha value is 0.530. The first kappa shape index (κ1) is 23.5. The summed E-state index contributed by atoms with van der Waals surface area (Å²) in [6, 6.07) is 0. The lowest BCUT2D eigenvalue weighted by Crippen LogP contribution is -2.08. The van der Waals surface area contributed by atoms with E-state index in [2.05, 4.69) is 0 Å². The van der Waals surface area contributed by atoms with Gasteiger partial charge in [-0.05, 0) is 33.1 Å². The van der Waals surface area contributed by atoms with E-state index >= 15 is 0 Å². The fraction of sp³-hybridized carbons (Fsp3) is 1.00. The molecule has 0 N–H and O–H groups in total. The maximum absolute atomic E-state index is 13.0. The molecule has 0 heterocycles. The third-order valence-electron chi connectivity index (χ3n) is 2.64. The van der Waals surface area contributed by atoms with Crippen molar-refractivity contribution in [3.63, 3.8) is 0 Å². The number of hydrogen-bond donors (Lipinski definition) is 0. The van der Waals surface area contributed by atoms with Crippen LogP contribution in [0.1, 0.15) is 53.9 Å². The molecule has 0 aliphatic carbocycles.